The highest BCUT2D eigenvalue weighted by Crippen LogP contribution is 2.30. The lowest BCUT2D eigenvalue weighted by atomic mass is 10.0. The normalized spacial score (nSPS) is 11.6. The maximum atomic E-state index is 12.1. The maximum Gasteiger partial charge on any atom is 0.175 e. The molecule has 3 aromatic carbocycles. The summed E-state index contributed by atoms with van der Waals surface area (Å²) in [5.41, 5.74) is 3.76. The van der Waals surface area contributed by atoms with Gasteiger partial charge >= 0.3 is 0 Å². The molecule has 0 saturated heterocycles. The molecule has 0 atom stereocenters. The summed E-state index contributed by atoms with van der Waals surface area (Å²) in [5, 5.41) is 10.1. The number of hydrogen-bond donors (Lipinski definition) is 1. The topological polar surface area (TPSA) is 72.2 Å². The average molecular weight is 439 g/mol. The lowest BCUT2D eigenvalue weighted by Crippen LogP contribution is -2.03. The third-order valence-corrected chi connectivity index (χ3v) is 6.38. The number of aliphatic hydroxyl groups excluding tert-OH is 1. The van der Waals surface area contributed by atoms with Crippen molar-refractivity contribution in [2.45, 2.75) is 11.5 Å². The molecule has 7 heteroatoms. The molecule has 0 unspecified atom stereocenters. The first-order valence-corrected chi connectivity index (χ1v) is 11.5. The van der Waals surface area contributed by atoms with Crippen molar-refractivity contribution in [2.75, 3.05) is 6.26 Å². The number of aromatic nitrogens is 2. The summed E-state index contributed by atoms with van der Waals surface area (Å²) in [6.45, 7) is -0.326. The highest BCUT2D eigenvalue weighted by atomic mass is 35.5. The van der Waals surface area contributed by atoms with Crippen LogP contribution >= 0.6 is 11.6 Å². The molecule has 0 spiro atoms. The van der Waals surface area contributed by atoms with Gasteiger partial charge < -0.3 is 5.11 Å². The molecule has 0 fully saturated rings. The summed E-state index contributed by atoms with van der Waals surface area (Å²) in [5.74, 6) is 0.736. The first kappa shape index (κ1) is 20.3. The van der Waals surface area contributed by atoms with Gasteiger partial charge in [-0.3, -0.25) is 4.57 Å². The van der Waals surface area contributed by atoms with Crippen LogP contribution in [0.1, 0.15) is 5.56 Å². The summed E-state index contributed by atoms with van der Waals surface area (Å²) < 4.78 is 26.1. The monoisotopic (exact) mass is 438 g/mol. The Hall–Kier alpha value is -2.93. The molecular weight excluding hydrogens is 420 g/mol. The second kappa shape index (κ2) is 8.07. The fraction of sp³-hybridized carbons (Fsp3) is 0.0870. The largest absolute Gasteiger partial charge is 0.392 e. The summed E-state index contributed by atoms with van der Waals surface area (Å²) in [6, 6.07) is 20.3. The highest BCUT2D eigenvalue weighted by Gasteiger charge is 2.15. The van der Waals surface area contributed by atoms with Crippen LogP contribution in [0.3, 0.4) is 0 Å². The first-order chi connectivity index (χ1) is 14.4. The SMILES string of the molecule is CS(=O)(=O)c1cc(-c2ccc(-n3ccnc3-c3ccccc3Cl)cc2)ccc1CO. The smallest absolute Gasteiger partial charge is 0.175 e. The molecule has 4 rings (SSSR count). The fourth-order valence-corrected chi connectivity index (χ4v) is 4.55. The average Bonchev–Trinajstić information content (AvgIpc) is 3.23. The molecule has 30 heavy (non-hydrogen) atoms. The van der Waals surface area contributed by atoms with Crippen LogP contribution in [0, 0.1) is 0 Å². The standard InChI is InChI=1S/C23H19ClN2O3S/c1-30(28,29)22-14-17(6-7-18(22)15-27)16-8-10-19(11-9-16)26-13-12-25-23(26)20-4-2-3-5-21(20)24/h2-14,27H,15H2,1H3. The Bertz CT molecular complexity index is 1310. The van der Waals surface area contributed by atoms with Crippen molar-refractivity contribution in [3.05, 3.63) is 89.7 Å². The Labute approximate surface area is 180 Å². The lowest BCUT2D eigenvalue weighted by Gasteiger charge is -2.12. The molecule has 0 radical (unpaired) electrons. The van der Waals surface area contributed by atoms with E-state index in [0.29, 0.717) is 10.6 Å². The molecule has 5 nitrogen and oxygen atoms in total. The van der Waals surface area contributed by atoms with E-state index >= 15 is 0 Å². The minimum Gasteiger partial charge on any atom is -0.392 e. The van der Waals surface area contributed by atoms with Gasteiger partial charge in [-0.1, -0.05) is 48.0 Å². The number of halogens is 1. The Balaban J connectivity index is 1.72. The van der Waals surface area contributed by atoms with Crippen LogP contribution in [0.25, 0.3) is 28.2 Å². The van der Waals surface area contributed by atoms with Gasteiger partial charge in [-0.2, -0.15) is 0 Å². The van der Waals surface area contributed by atoms with Gasteiger partial charge in [0, 0.05) is 29.9 Å². The second-order valence-electron chi connectivity index (χ2n) is 6.90. The molecule has 0 amide bonds. The molecular formula is C23H19ClN2O3S. The molecule has 0 aliphatic carbocycles. The number of benzene rings is 3. The third-order valence-electron chi connectivity index (χ3n) is 4.87. The molecule has 1 N–H and O–H groups in total. The van der Waals surface area contributed by atoms with Gasteiger partial charge in [0.05, 0.1) is 16.5 Å². The molecule has 0 bridgehead atoms. The zero-order valence-corrected chi connectivity index (χ0v) is 17.7. The summed E-state index contributed by atoms with van der Waals surface area (Å²) in [6.07, 6.45) is 4.73. The van der Waals surface area contributed by atoms with Gasteiger partial charge in [-0.05, 0) is 47.0 Å². The van der Waals surface area contributed by atoms with Crippen LogP contribution in [0.4, 0.5) is 0 Å². The van der Waals surface area contributed by atoms with Crippen LogP contribution in [-0.4, -0.2) is 29.3 Å². The number of nitrogens with zero attached hydrogens (tertiary/aromatic N) is 2. The number of rotatable bonds is 5. The number of sulfone groups is 1. The van der Waals surface area contributed by atoms with Crippen LogP contribution in [0.5, 0.6) is 0 Å². The van der Waals surface area contributed by atoms with Gasteiger partial charge in [-0.25, -0.2) is 13.4 Å². The van der Waals surface area contributed by atoms with Crippen molar-refractivity contribution in [3.63, 3.8) is 0 Å². The van der Waals surface area contributed by atoms with Crippen LogP contribution in [0.2, 0.25) is 5.02 Å². The predicted molar refractivity (Wildman–Crippen MR) is 118 cm³/mol. The van der Waals surface area contributed by atoms with Gasteiger partial charge in [0.1, 0.15) is 5.82 Å². The van der Waals surface area contributed by atoms with Crippen molar-refractivity contribution in [1.82, 2.24) is 9.55 Å². The predicted octanol–water partition coefficient (Wildman–Crippen LogP) is 4.76. The quantitative estimate of drug-likeness (QED) is 0.487. The fourth-order valence-electron chi connectivity index (χ4n) is 3.38. The molecule has 0 aliphatic rings. The Morgan fingerprint density at radius 3 is 2.37 bits per heavy atom. The summed E-state index contributed by atoms with van der Waals surface area (Å²) in [4.78, 5) is 4.59. The van der Waals surface area contributed by atoms with Crippen molar-refractivity contribution >= 4 is 21.4 Å². The van der Waals surface area contributed by atoms with Gasteiger partial charge in [0.2, 0.25) is 0 Å². The van der Waals surface area contributed by atoms with Crippen LogP contribution in [-0.2, 0) is 16.4 Å². The van der Waals surface area contributed by atoms with E-state index in [1.54, 1.807) is 18.3 Å². The van der Waals surface area contributed by atoms with Gasteiger partial charge in [-0.15, -0.1) is 0 Å². The summed E-state index contributed by atoms with van der Waals surface area (Å²) in [7, 11) is -3.44. The van der Waals surface area contributed by atoms with Crippen LogP contribution < -0.4 is 0 Å². The van der Waals surface area contributed by atoms with E-state index in [0.717, 1.165) is 34.5 Å². The highest BCUT2D eigenvalue weighted by molar-refractivity contribution is 7.90. The van der Waals surface area contributed by atoms with Gasteiger partial charge in [0.15, 0.2) is 9.84 Å². The van der Waals surface area contributed by atoms with Crippen LogP contribution in [0.15, 0.2) is 84.0 Å². The van der Waals surface area contributed by atoms with Crippen molar-refractivity contribution in [2.24, 2.45) is 0 Å². The number of imidazole rings is 1. The zero-order chi connectivity index (χ0) is 21.3. The Morgan fingerprint density at radius 2 is 1.70 bits per heavy atom. The van der Waals surface area contributed by atoms with E-state index in [2.05, 4.69) is 4.98 Å². The van der Waals surface area contributed by atoms with Crippen molar-refractivity contribution < 1.29 is 13.5 Å². The Kier molecular flexibility index (Phi) is 5.47. The Morgan fingerprint density at radius 1 is 1.00 bits per heavy atom. The van der Waals surface area contributed by atoms with E-state index < -0.39 is 9.84 Å². The van der Waals surface area contributed by atoms with Gasteiger partial charge in [0.25, 0.3) is 0 Å². The minimum absolute atomic E-state index is 0.141. The van der Waals surface area contributed by atoms with Crippen molar-refractivity contribution in [1.29, 1.82) is 0 Å². The minimum atomic E-state index is -3.44. The molecule has 0 saturated carbocycles. The first-order valence-electron chi connectivity index (χ1n) is 9.21. The zero-order valence-electron chi connectivity index (χ0n) is 16.2. The van der Waals surface area contributed by atoms with E-state index in [4.69, 9.17) is 11.6 Å². The molecule has 1 aromatic heterocycles. The molecule has 4 aromatic rings. The third kappa shape index (κ3) is 3.89. The maximum absolute atomic E-state index is 12.1. The number of hydrogen-bond acceptors (Lipinski definition) is 4. The van der Waals surface area contributed by atoms with E-state index in [1.165, 1.54) is 0 Å². The van der Waals surface area contributed by atoms with E-state index in [1.807, 2.05) is 65.4 Å². The number of aliphatic hydroxyl groups is 1. The van der Waals surface area contributed by atoms with E-state index in [9.17, 15) is 13.5 Å². The molecule has 0 aliphatic heterocycles. The lowest BCUT2D eigenvalue weighted by molar-refractivity contribution is 0.278. The molecule has 1 heterocycles. The summed E-state index contributed by atoms with van der Waals surface area (Å²) >= 11 is 6.34. The molecule has 152 valence electrons. The van der Waals surface area contributed by atoms with E-state index in [-0.39, 0.29) is 11.5 Å². The van der Waals surface area contributed by atoms with Crippen molar-refractivity contribution in [3.8, 4) is 28.2 Å². The second-order valence-corrected chi connectivity index (χ2v) is 9.29.